The topological polar surface area (TPSA) is 53.0 Å². The van der Waals surface area contributed by atoms with E-state index in [2.05, 4.69) is 12.2 Å². The second-order valence-electron chi connectivity index (χ2n) is 3.70. The fraction of sp³-hybridized carbons (Fsp3) is 0.800. The van der Waals surface area contributed by atoms with Crippen LogP contribution in [0.3, 0.4) is 0 Å². The number of amides is 1. The van der Waals surface area contributed by atoms with Crippen LogP contribution in [0.15, 0.2) is 0 Å². The smallest absolute Gasteiger partial charge is 0.228 e. The molecule has 1 heterocycles. The van der Waals surface area contributed by atoms with Crippen LogP contribution in [-0.2, 0) is 4.79 Å². The molecule has 2 N–H and O–H groups in total. The maximum absolute atomic E-state index is 11.5. The summed E-state index contributed by atoms with van der Waals surface area (Å²) in [4.78, 5) is 11.5. The van der Waals surface area contributed by atoms with E-state index in [1.807, 2.05) is 0 Å². The van der Waals surface area contributed by atoms with E-state index in [9.17, 15) is 4.79 Å². The summed E-state index contributed by atoms with van der Waals surface area (Å²) in [6.45, 7) is 2.14. The molecule has 1 unspecified atom stereocenters. The van der Waals surface area contributed by atoms with Crippen LogP contribution in [0.2, 0.25) is 0 Å². The van der Waals surface area contributed by atoms with Crippen LogP contribution in [-0.4, -0.2) is 11.7 Å². The molecule has 1 saturated heterocycles. The van der Waals surface area contributed by atoms with Crippen molar-refractivity contribution in [3.8, 4) is 0 Å². The van der Waals surface area contributed by atoms with Gasteiger partial charge in [-0.3, -0.25) is 10.2 Å². The minimum absolute atomic E-state index is 0.0657. The number of unbranched alkanes of at least 4 members (excludes halogenated alkanes) is 1. The summed E-state index contributed by atoms with van der Waals surface area (Å²) < 4.78 is 0. The Hall–Kier alpha value is -0.860. The second-order valence-corrected chi connectivity index (χ2v) is 3.70. The van der Waals surface area contributed by atoms with Crippen molar-refractivity contribution in [2.75, 3.05) is 0 Å². The lowest BCUT2D eigenvalue weighted by molar-refractivity contribution is -0.123. The zero-order valence-corrected chi connectivity index (χ0v) is 8.23. The van der Waals surface area contributed by atoms with Gasteiger partial charge in [0.05, 0.1) is 5.84 Å². The van der Waals surface area contributed by atoms with Gasteiger partial charge >= 0.3 is 0 Å². The molecule has 0 spiro atoms. The first kappa shape index (κ1) is 10.2. The number of carbonyl (C=O) groups is 1. The van der Waals surface area contributed by atoms with Crippen molar-refractivity contribution in [2.24, 2.45) is 5.92 Å². The summed E-state index contributed by atoms with van der Waals surface area (Å²) in [7, 11) is 0. The standard InChI is InChI=1S/C10H18N2O/c1-2-3-5-8-6-4-7-9(11)12-10(8)13/h8H,2-7H2,1H3,(H2,11,12,13). The second kappa shape index (κ2) is 5.00. The maximum atomic E-state index is 11.5. The molecule has 1 rings (SSSR count). The van der Waals surface area contributed by atoms with E-state index >= 15 is 0 Å². The number of hydrogen-bond donors (Lipinski definition) is 2. The molecule has 0 bridgehead atoms. The minimum Gasteiger partial charge on any atom is -0.314 e. The number of nitrogens with one attached hydrogen (secondary N) is 2. The largest absolute Gasteiger partial charge is 0.314 e. The average molecular weight is 182 g/mol. The van der Waals surface area contributed by atoms with Crippen LogP contribution in [0.5, 0.6) is 0 Å². The van der Waals surface area contributed by atoms with Crippen molar-refractivity contribution in [1.82, 2.24) is 5.32 Å². The van der Waals surface area contributed by atoms with Gasteiger partial charge in [-0.1, -0.05) is 19.8 Å². The first-order chi connectivity index (χ1) is 6.24. The summed E-state index contributed by atoms with van der Waals surface area (Å²) >= 11 is 0. The Morgan fingerprint density at radius 3 is 3.08 bits per heavy atom. The van der Waals surface area contributed by atoms with Crippen LogP contribution in [0.25, 0.3) is 0 Å². The molecule has 0 aromatic carbocycles. The van der Waals surface area contributed by atoms with Gasteiger partial charge in [0, 0.05) is 12.3 Å². The fourth-order valence-corrected chi connectivity index (χ4v) is 1.70. The third kappa shape index (κ3) is 3.17. The Kier molecular flexibility index (Phi) is 3.93. The van der Waals surface area contributed by atoms with Gasteiger partial charge in [0.25, 0.3) is 0 Å². The Labute approximate surface area is 79.4 Å². The van der Waals surface area contributed by atoms with E-state index in [1.54, 1.807) is 0 Å². The highest BCUT2D eigenvalue weighted by molar-refractivity contribution is 5.98. The molecule has 13 heavy (non-hydrogen) atoms. The molecule has 0 saturated carbocycles. The monoisotopic (exact) mass is 182 g/mol. The highest BCUT2D eigenvalue weighted by Gasteiger charge is 2.21. The summed E-state index contributed by atoms with van der Waals surface area (Å²) in [5, 5.41) is 10.0. The minimum atomic E-state index is 0.0657. The normalized spacial score (nSPS) is 23.9. The molecule has 0 aliphatic carbocycles. The number of amidine groups is 1. The average Bonchev–Trinajstić information content (AvgIpc) is 2.24. The predicted octanol–water partition coefficient (Wildman–Crippen LogP) is 2.07. The third-order valence-electron chi connectivity index (χ3n) is 2.53. The molecule has 0 aromatic heterocycles. The van der Waals surface area contributed by atoms with E-state index in [-0.39, 0.29) is 11.8 Å². The van der Waals surface area contributed by atoms with E-state index in [0.29, 0.717) is 5.84 Å². The number of carbonyl (C=O) groups excluding carboxylic acids is 1. The first-order valence-electron chi connectivity index (χ1n) is 5.12. The first-order valence-corrected chi connectivity index (χ1v) is 5.12. The molecule has 1 aliphatic heterocycles. The van der Waals surface area contributed by atoms with Crippen LogP contribution >= 0.6 is 0 Å². The van der Waals surface area contributed by atoms with Gasteiger partial charge in [-0.15, -0.1) is 0 Å². The van der Waals surface area contributed by atoms with Crippen molar-refractivity contribution in [1.29, 1.82) is 5.41 Å². The van der Waals surface area contributed by atoms with Crippen molar-refractivity contribution in [2.45, 2.75) is 45.4 Å². The third-order valence-corrected chi connectivity index (χ3v) is 2.53. The molecule has 1 amide bonds. The van der Waals surface area contributed by atoms with Crippen LogP contribution < -0.4 is 5.32 Å². The maximum Gasteiger partial charge on any atom is 0.228 e. The Morgan fingerprint density at radius 2 is 2.38 bits per heavy atom. The highest BCUT2D eigenvalue weighted by Crippen LogP contribution is 2.18. The number of hydrogen-bond acceptors (Lipinski definition) is 2. The Balaban J connectivity index is 2.43. The Morgan fingerprint density at radius 1 is 1.62 bits per heavy atom. The lowest BCUT2D eigenvalue weighted by Crippen LogP contribution is -2.32. The molecular formula is C10H18N2O. The molecule has 0 aromatic rings. The summed E-state index contributed by atoms with van der Waals surface area (Å²) in [6, 6.07) is 0. The molecule has 3 nitrogen and oxygen atoms in total. The van der Waals surface area contributed by atoms with Crippen molar-refractivity contribution < 1.29 is 4.79 Å². The molecular weight excluding hydrogens is 164 g/mol. The lowest BCUT2D eigenvalue weighted by Gasteiger charge is -2.11. The summed E-state index contributed by atoms with van der Waals surface area (Å²) in [6.07, 6.45) is 5.90. The van der Waals surface area contributed by atoms with Crippen LogP contribution in [0.4, 0.5) is 0 Å². The Bertz CT molecular complexity index is 201. The quantitative estimate of drug-likeness (QED) is 0.689. The molecule has 3 heteroatoms. The van der Waals surface area contributed by atoms with E-state index in [0.717, 1.165) is 38.5 Å². The predicted molar refractivity (Wildman–Crippen MR) is 52.7 cm³/mol. The van der Waals surface area contributed by atoms with Gasteiger partial charge in [-0.05, 0) is 19.3 Å². The van der Waals surface area contributed by atoms with Crippen molar-refractivity contribution in [3.05, 3.63) is 0 Å². The molecule has 74 valence electrons. The SMILES string of the molecule is CCCCC1CCCC(=N)NC1=O. The van der Waals surface area contributed by atoms with Crippen LogP contribution in [0, 0.1) is 11.3 Å². The molecule has 1 fully saturated rings. The van der Waals surface area contributed by atoms with Crippen molar-refractivity contribution in [3.63, 3.8) is 0 Å². The fourth-order valence-electron chi connectivity index (χ4n) is 1.70. The molecule has 0 radical (unpaired) electrons. The van der Waals surface area contributed by atoms with Gasteiger partial charge in [0.2, 0.25) is 5.91 Å². The lowest BCUT2D eigenvalue weighted by atomic mass is 9.96. The van der Waals surface area contributed by atoms with Gasteiger partial charge < -0.3 is 5.32 Å². The van der Waals surface area contributed by atoms with E-state index < -0.39 is 0 Å². The van der Waals surface area contributed by atoms with Gasteiger partial charge in [0.15, 0.2) is 0 Å². The summed E-state index contributed by atoms with van der Waals surface area (Å²) in [5.74, 6) is 0.614. The van der Waals surface area contributed by atoms with E-state index in [4.69, 9.17) is 5.41 Å². The number of rotatable bonds is 3. The molecule has 1 atom stereocenters. The van der Waals surface area contributed by atoms with Crippen LogP contribution in [0.1, 0.15) is 45.4 Å². The molecule has 1 aliphatic rings. The summed E-state index contributed by atoms with van der Waals surface area (Å²) in [5.41, 5.74) is 0. The van der Waals surface area contributed by atoms with E-state index in [1.165, 1.54) is 0 Å². The zero-order valence-electron chi connectivity index (χ0n) is 8.23. The highest BCUT2D eigenvalue weighted by atomic mass is 16.1. The van der Waals surface area contributed by atoms with Gasteiger partial charge in [0.1, 0.15) is 0 Å². The van der Waals surface area contributed by atoms with Gasteiger partial charge in [-0.25, -0.2) is 0 Å². The zero-order chi connectivity index (χ0) is 9.68. The van der Waals surface area contributed by atoms with Gasteiger partial charge in [-0.2, -0.15) is 0 Å². The van der Waals surface area contributed by atoms with Crippen molar-refractivity contribution >= 4 is 11.7 Å².